The molecule has 1 heterocycles. The molecule has 0 amide bonds. The smallest absolute Gasteiger partial charge is 0.147 e. The summed E-state index contributed by atoms with van der Waals surface area (Å²) >= 11 is 0. The van der Waals surface area contributed by atoms with Crippen LogP contribution in [0.5, 0.6) is 0 Å². The number of nitrogens with one attached hydrogen (secondary N) is 1. The average molecular weight is 284 g/mol. The molecule has 0 saturated heterocycles. The largest absolute Gasteiger partial charge is 0.339 e. The second-order valence-corrected chi connectivity index (χ2v) is 5.52. The van der Waals surface area contributed by atoms with Crippen molar-refractivity contribution in [2.45, 2.75) is 25.8 Å². The molecule has 0 saturated carbocycles. The molecule has 0 fully saturated rings. The van der Waals surface area contributed by atoms with Gasteiger partial charge in [-0.1, -0.05) is 30.3 Å². The molecular formula is C18H21FN2. The maximum absolute atomic E-state index is 14.5. The van der Waals surface area contributed by atoms with Crippen LogP contribution in [-0.4, -0.2) is 13.6 Å². The van der Waals surface area contributed by atoms with Crippen LogP contribution in [0.3, 0.4) is 0 Å². The number of hydrogen-bond acceptors (Lipinski definition) is 2. The van der Waals surface area contributed by atoms with Crippen LogP contribution in [0.4, 0.5) is 15.8 Å². The van der Waals surface area contributed by atoms with E-state index in [4.69, 9.17) is 0 Å². The average Bonchev–Trinajstić information content (AvgIpc) is 2.70. The monoisotopic (exact) mass is 284 g/mol. The summed E-state index contributed by atoms with van der Waals surface area (Å²) in [7, 11) is 1.89. The standard InChI is InChI=1S/C18H21FN2/c1-20-13-15-9-6-10-16(19)18(15)21-12-5-4-8-14-7-2-3-11-17(14)21/h2-3,6-7,9-11,20H,4-5,8,12-13H2,1H3. The Kier molecular flexibility index (Phi) is 4.20. The highest BCUT2D eigenvalue weighted by Gasteiger charge is 2.21. The van der Waals surface area contributed by atoms with E-state index in [0.717, 1.165) is 42.7 Å². The zero-order valence-corrected chi connectivity index (χ0v) is 12.4. The molecule has 1 N–H and O–H groups in total. The van der Waals surface area contributed by atoms with Crippen molar-refractivity contribution < 1.29 is 4.39 Å². The van der Waals surface area contributed by atoms with Crippen LogP contribution in [0.1, 0.15) is 24.0 Å². The van der Waals surface area contributed by atoms with Crippen LogP contribution in [0.2, 0.25) is 0 Å². The minimum Gasteiger partial charge on any atom is -0.339 e. The Balaban J connectivity index is 2.12. The normalized spacial score (nSPS) is 14.7. The first-order valence-corrected chi connectivity index (χ1v) is 7.58. The Bertz CT molecular complexity index is 624. The number of nitrogens with zero attached hydrogens (tertiary/aromatic N) is 1. The van der Waals surface area contributed by atoms with Gasteiger partial charge in [-0.15, -0.1) is 0 Å². The van der Waals surface area contributed by atoms with Crippen LogP contribution in [0.15, 0.2) is 42.5 Å². The third kappa shape index (κ3) is 2.79. The first-order chi connectivity index (χ1) is 10.3. The lowest BCUT2D eigenvalue weighted by Gasteiger charge is -2.28. The molecule has 110 valence electrons. The summed E-state index contributed by atoms with van der Waals surface area (Å²) in [6.45, 7) is 1.54. The van der Waals surface area contributed by atoms with Crippen molar-refractivity contribution in [2.75, 3.05) is 18.5 Å². The van der Waals surface area contributed by atoms with E-state index in [0.29, 0.717) is 6.54 Å². The van der Waals surface area contributed by atoms with Gasteiger partial charge < -0.3 is 10.2 Å². The van der Waals surface area contributed by atoms with Crippen LogP contribution in [0.25, 0.3) is 0 Å². The van der Waals surface area contributed by atoms with Crippen molar-refractivity contribution in [3.8, 4) is 0 Å². The van der Waals surface area contributed by atoms with E-state index in [1.807, 2.05) is 19.2 Å². The van der Waals surface area contributed by atoms with E-state index in [1.165, 1.54) is 5.56 Å². The van der Waals surface area contributed by atoms with Crippen molar-refractivity contribution in [1.82, 2.24) is 5.32 Å². The minimum absolute atomic E-state index is 0.139. The van der Waals surface area contributed by atoms with Gasteiger partial charge in [0.05, 0.1) is 5.69 Å². The van der Waals surface area contributed by atoms with Crippen molar-refractivity contribution in [1.29, 1.82) is 0 Å². The van der Waals surface area contributed by atoms with Gasteiger partial charge in [-0.2, -0.15) is 0 Å². The van der Waals surface area contributed by atoms with Gasteiger partial charge in [-0.25, -0.2) is 4.39 Å². The molecule has 0 aromatic heterocycles. The minimum atomic E-state index is -0.139. The number of aryl methyl sites for hydroxylation is 1. The third-order valence-corrected chi connectivity index (χ3v) is 4.07. The molecule has 0 bridgehead atoms. The fourth-order valence-corrected chi connectivity index (χ4v) is 3.12. The topological polar surface area (TPSA) is 15.3 Å². The SMILES string of the molecule is CNCc1cccc(F)c1N1CCCCc2ccccc21. The van der Waals surface area contributed by atoms with Crippen LogP contribution in [-0.2, 0) is 13.0 Å². The second kappa shape index (κ2) is 6.27. The Hall–Kier alpha value is -1.87. The zero-order chi connectivity index (χ0) is 14.7. The highest BCUT2D eigenvalue weighted by molar-refractivity contribution is 5.70. The number of hydrogen-bond donors (Lipinski definition) is 1. The predicted octanol–water partition coefficient (Wildman–Crippen LogP) is 4.02. The fourth-order valence-electron chi connectivity index (χ4n) is 3.12. The summed E-state index contributed by atoms with van der Waals surface area (Å²) in [5.74, 6) is -0.139. The van der Waals surface area contributed by atoms with Crippen molar-refractivity contribution >= 4 is 11.4 Å². The molecule has 3 rings (SSSR count). The van der Waals surface area contributed by atoms with Gasteiger partial charge in [0.2, 0.25) is 0 Å². The molecule has 0 aliphatic carbocycles. The molecule has 2 aromatic carbocycles. The van der Waals surface area contributed by atoms with Crippen LogP contribution < -0.4 is 10.2 Å². The Morgan fingerprint density at radius 1 is 1.10 bits per heavy atom. The van der Waals surface area contributed by atoms with Crippen molar-refractivity contribution in [3.05, 3.63) is 59.4 Å². The van der Waals surface area contributed by atoms with Gasteiger partial charge in [-0.3, -0.25) is 0 Å². The summed E-state index contributed by atoms with van der Waals surface area (Å²) in [6, 6.07) is 13.7. The first-order valence-electron chi connectivity index (χ1n) is 7.58. The van der Waals surface area contributed by atoms with Crippen LogP contribution in [0, 0.1) is 5.82 Å². The van der Waals surface area contributed by atoms with E-state index >= 15 is 0 Å². The Morgan fingerprint density at radius 2 is 1.95 bits per heavy atom. The number of para-hydroxylation sites is 2. The maximum atomic E-state index is 14.5. The van der Waals surface area contributed by atoms with Gasteiger partial charge in [0.1, 0.15) is 5.82 Å². The highest BCUT2D eigenvalue weighted by Crippen LogP contribution is 2.36. The summed E-state index contributed by atoms with van der Waals surface area (Å²) in [6.07, 6.45) is 3.31. The van der Waals surface area contributed by atoms with Crippen molar-refractivity contribution in [3.63, 3.8) is 0 Å². The predicted molar refractivity (Wildman–Crippen MR) is 85.5 cm³/mol. The summed E-state index contributed by atoms with van der Waals surface area (Å²) in [5, 5.41) is 3.14. The lowest BCUT2D eigenvalue weighted by molar-refractivity contribution is 0.619. The van der Waals surface area contributed by atoms with E-state index in [1.54, 1.807) is 12.1 Å². The Morgan fingerprint density at radius 3 is 2.81 bits per heavy atom. The van der Waals surface area contributed by atoms with E-state index in [2.05, 4.69) is 28.4 Å². The van der Waals surface area contributed by atoms with E-state index in [9.17, 15) is 4.39 Å². The first kappa shape index (κ1) is 14.1. The lowest BCUT2D eigenvalue weighted by Crippen LogP contribution is -2.22. The number of halogens is 1. The highest BCUT2D eigenvalue weighted by atomic mass is 19.1. The van der Waals surface area contributed by atoms with Gasteiger partial charge in [-0.05, 0) is 49.6 Å². The van der Waals surface area contributed by atoms with Gasteiger partial charge in [0.15, 0.2) is 0 Å². The molecule has 0 atom stereocenters. The molecule has 21 heavy (non-hydrogen) atoms. The summed E-state index contributed by atoms with van der Waals surface area (Å²) in [4.78, 5) is 2.16. The quantitative estimate of drug-likeness (QED) is 0.915. The van der Waals surface area contributed by atoms with Gasteiger partial charge in [0.25, 0.3) is 0 Å². The molecular weight excluding hydrogens is 263 g/mol. The van der Waals surface area contributed by atoms with Crippen LogP contribution >= 0.6 is 0 Å². The maximum Gasteiger partial charge on any atom is 0.147 e. The molecule has 3 heteroatoms. The molecule has 2 aromatic rings. The zero-order valence-electron chi connectivity index (χ0n) is 12.4. The number of rotatable bonds is 3. The molecule has 2 nitrogen and oxygen atoms in total. The van der Waals surface area contributed by atoms with Gasteiger partial charge in [0, 0.05) is 18.8 Å². The molecule has 1 aliphatic rings. The molecule has 1 aliphatic heterocycles. The molecule has 0 spiro atoms. The van der Waals surface area contributed by atoms with Gasteiger partial charge >= 0.3 is 0 Å². The fraction of sp³-hybridized carbons (Fsp3) is 0.333. The summed E-state index contributed by atoms with van der Waals surface area (Å²) in [5.41, 5.74) is 4.20. The number of anilines is 2. The van der Waals surface area contributed by atoms with Crippen molar-refractivity contribution in [2.24, 2.45) is 0 Å². The number of benzene rings is 2. The van der Waals surface area contributed by atoms with E-state index in [-0.39, 0.29) is 5.82 Å². The molecule has 0 unspecified atom stereocenters. The third-order valence-electron chi connectivity index (χ3n) is 4.07. The molecule has 0 radical (unpaired) electrons. The second-order valence-electron chi connectivity index (χ2n) is 5.52. The van der Waals surface area contributed by atoms with E-state index < -0.39 is 0 Å². The Labute approximate surface area is 125 Å². The lowest BCUT2D eigenvalue weighted by atomic mass is 10.1. The summed E-state index contributed by atoms with van der Waals surface area (Å²) < 4.78 is 14.5. The number of fused-ring (bicyclic) bond motifs is 1.